The molecule has 9 aromatic carbocycles. The van der Waals surface area contributed by atoms with E-state index in [0.29, 0.717) is 17.5 Å². The van der Waals surface area contributed by atoms with Crippen LogP contribution in [-0.4, -0.2) is 19.5 Å². The van der Waals surface area contributed by atoms with Crippen molar-refractivity contribution in [2.24, 2.45) is 0 Å². The Bertz CT molecular complexity index is 3450. The Morgan fingerprint density at radius 3 is 1.79 bits per heavy atom. The first-order valence-corrected chi connectivity index (χ1v) is 20.7. The van der Waals surface area contributed by atoms with E-state index in [4.69, 9.17) is 15.0 Å². The van der Waals surface area contributed by atoms with Crippen molar-refractivity contribution in [3.05, 3.63) is 217 Å². The molecule has 0 spiro atoms. The van der Waals surface area contributed by atoms with Gasteiger partial charge in [0.2, 0.25) is 0 Å². The number of rotatable bonds is 5. The van der Waals surface area contributed by atoms with Crippen LogP contribution in [0, 0.1) is 50.2 Å². The van der Waals surface area contributed by atoms with Crippen molar-refractivity contribution in [1.82, 2.24) is 19.5 Å². The van der Waals surface area contributed by atoms with Gasteiger partial charge in [-0.2, -0.15) is 30.3 Å². The van der Waals surface area contributed by atoms with Crippen molar-refractivity contribution >= 4 is 32.6 Å². The smallest absolute Gasteiger partial charge is 0.351 e. The molecule has 2 aromatic heterocycles. The summed E-state index contributed by atoms with van der Waals surface area (Å²) >= 11 is 0. The van der Waals surface area contributed by atoms with Crippen molar-refractivity contribution in [1.29, 1.82) is 0 Å². The molecule has 0 fully saturated rings. The molecule has 0 amide bonds. The maximum absolute atomic E-state index is 5.23. The van der Waals surface area contributed by atoms with Crippen LogP contribution in [0.15, 0.2) is 188 Å². The van der Waals surface area contributed by atoms with E-state index in [1.54, 1.807) is 0 Å². The summed E-state index contributed by atoms with van der Waals surface area (Å²) in [5, 5.41) is 4.81. The number of benzene rings is 9. The monoisotopic (exact) mass is 1010 g/mol. The third-order valence-corrected chi connectivity index (χ3v) is 12.3. The fourth-order valence-electron chi connectivity index (χ4n) is 9.32. The van der Waals surface area contributed by atoms with Crippen LogP contribution >= 0.6 is 0 Å². The number of hydrogen-bond acceptors (Lipinski definition) is 3. The summed E-state index contributed by atoms with van der Waals surface area (Å²) in [4.78, 5) is 15.5. The molecule has 0 saturated carbocycles. The van der Waals surface area contributed by atoms with Gasteiger partial charge in [0.1, 0.15) is 5.82 Å². The summed E-state index contributed by atoms with van der Waals surface area (Å²) in [5.41, 5.74) is 16.8. The average molecular weight is 1010 g/mol. The average Bonchev–Trinajstić information content (AvgIpc) is 3.63. The molecule has 12 rings (SSSR count). The Labute approximate surface area is 384 Å². The Balaban J connectivity index is 0.00000432. The van der Waals surface area contributed by atoms with Gasteiger partial charge in [0.05, 0.1) is 0 Å². The summed E-state index contributed by atoms with van der Waals surface area (Å²) in [6.07, 6.45) is 0.822. The Kier molecular flexibility index (Phi) is 9.53. The molecular weight excluding hydrogens is 979 g/mol. The molecule has 0 unspecified atom stereocenters. The second-order valence-corrected chi connectivity index (χ2v) is 15.9. The molecule has 1 aliphatic carbocycles. The first kappa shape index (κ1) is 38.1. The quantitative estimate of drug-likeness (QED) is 0.161. The van der Waals surface area contributed by atoms with Crippen LogP contribution in [0.3, 0.4) is 0 Å². The van der Waals surface area contributed by atoms with Crippen LogP contribution < -0.4 is 0 Å². The van der Waals surface area contributed by atoms with Gasteiger partial charge in [-0.05, 0) is 93.0 Å². The van der Waals surface area contributed by atoms with Gasteiger partial charge in [-0.25, -0.2) is 26.1 Å². The first-order chi connectivity index (χ1) is 30.1. The van der Waals surface area contributed by atoms with Crippen molar-refractivity contribution in [2.45, 2.75) is 13.3 Å². The Morgan fingerprint density at radius 2 is 1.06 bits per heavy atom. The third kappa shape index (κ3) is 6.40. The van der Waals surface area contributed by atoms with Gasteiger partial charge in [0, 0.05) is 32.9 Å². The second-order valence-electron chi connectivity index (χ2n) is 15.9. The van der Waals surface area contributed by atoms with Gasteiger partial charge in [0.15, 0.2) is 11.6 Å². The number of fused-ring (bicyclic) bond motifs is 10. The molecule has 0 atom stereocenters. The zero-order valence-electron chi connectivity index (χ0n) is 33.9. The molecule has 11 aromatic rings. The van der Waals surface area contributed by atoms with Gasteiger partial charge in [0.25, 0.3) is 0 Å². The zero-order valence-corrected chi connectivity index (χ0v) is 38.1. The van der Waals surface area contributed by atoms with Crippen LogP contribution in [0.4, 0.5) is 0 Å². The summed E-state index contributed by atoms with van der Waals surface area (Å²) in [7, 11) is 0. The molecule has 288 valence electrons. The van der Waals surface area contributed by atoms with Gasteiger partial charge in [-0.3, -0.25) is 0 Å². The fourth-order valence-corrected chi connectivity index (χ4v) is 9.32. The summed E-state index contributed by atoms with van der Waals surface area (Å²) in [6.45, 7) is 2.27. The molecule has 0 saturated heterocycles. The topological polar surface area (TPSA) is 43.6 Å². The van der Waals surface area contributed by atoms with Gasteiger partial charge < -0.3 is 4.57 Å². The van der Waals surface area contributed by atoms with E-state index in [0.717, 1.165) is 51.0 Å². The van der Waals surface area contributed by atoms with Crippen molar-refractivity contribution in [2.75, 3.05) is 0 Å². The van der Waals surface area contributed by atoms with E-state index >= 15 is 0 Å². The molecule has 62 heavy (non-hydrogen) atoms. The van der Waals surface area contributed by atoms with Crippen LogP contribution in [0.1, 0.15) is 16.7 Å². The van der Waals surface area contributed by atoms with Gasteiger partial charge in [-0.15, -0.1) is 23.8 Å². The second kappa shape index (κ2) is 15.5. The van der Waals surface area contributed by atoms with Gasteiger partial charge >= 0.3 is 31.1 Å². The van der Waals surface area contributed by atoms with Crippen LogP contribution in [0.25, 0.3) is 106 Å². The molecule has 2 bridgehead atoms. The minimum atomic E-state index is 0. The maximum atomic E-state index is 5.23. The molecule has 2 heterocycles. The van der Waals surface area contributed by atoms with Crippen molar-refractivity contribution in [3.8, 4) is 73.2 Å². The first-order valence-electron chi connectivity index (χ1n) is 20.7. The number of nitrogens with zero attached hydrogens (tertiary/aromatic N) is 4. The molecule has 4 nitrogen and oxygen atoms in total. The van der Waals surface area contributed by atoms with Crippen molar-refractivity contribution < 1.29 is 31.1 Å². The number of aromatic nitrogens is 4. The van der Waals surface area contributed by atoms with E-state index in [2.05, 4.69) is 133 Å². The SMILES string of the molecule is Cc1c2cccc1-c1cc3c4cc5ccccc5cc4n(-c4c[c-]c(-c5[c-]cccc5)c(-c5nc(-c6ccccc6)nc(-c6ccccc6)n5)c4)c3cc1Cc1ccccc1-2.[U+2]. The Morgan fingerprint density at radius 1 is 0.468 bits per heavy atom. The molecule has 5 heteroatoms. The largest absolute Gasteiger partial charge is 2.00 e. The molecule has 0 N–H and O–H groups in total. The summed E-state index contributed by atoms with van der Waals surface area (Å²) in [5.74, 6) is 1.79. The Hall–Kier alpha value is -6.90. The fraction of sp³-hybridized carbons (Fsp3) is 0.0351. The molecule has 0 radical (unpaired) electrons. The number of hydrogen-bond donors (Lipinski definition) is 0. The minimum Gasteiger partial charge on any atom is -0.351 e. The van der Waals surface area contributed by atoms with E-state index in [1.807, 2.05) is 78.9 Å². The molecular formula is C57H36N4U. The normalized spacial score (nSPS) is 11.8. The van der Waals surface area contributed by atoms with Crippen molar-refractivity contribution in [3.63, 3.8) is 0 Å². The predicted octanol–water partition coefficient (Wildman–Crippen LogP) is 13.9. The third-order valence-electron chi connectivity index (χ3n) is 12.3. The summed E-state index contributed by atoms with van der Waals surface area (Å²) < 4.78 is 2.42. The van der Waals surface area contributed by atoms with Crippen LogP contribution in [0.2, 0.25) is 0 Å². The van der Waals surface area contributed by atoms with E-state index in [-0.39, 0.29) is 31.1 Å². The molecule has 0 aliphatic heterocycles. The maximum Gasteiger partial charge on any atom is 2.00 e. The zero-order chi connectivity index (χ0) is 40.4. The summed E-state index contributed by atoms with van der Waals surface area (Å²) in [6, 6.07) is 73.8. The van der Waals surface area contributed by atoms with E-state index < -0.39 is 0 Å². The predicted molar refractivity (Wildman–Crippen MR) is 250 cm³/mol. The molecule has 1 aliphatic rings. The standard InChI is InChI=1S/C57H36N4.U/c1-36-45-26-15-27-46(36)49-35-51-50-31-40-22-11-12-23-41(40)32-53(50)61(54(51)33-43(49)30-42-24-13-14-25-47(42)45)44-28-29-48(37-16-5-2-6-17-37)52(34-44)57-59-55(38-18-7-3-8-19-38)58-56(60-57)39-20-9-4-10-21-39;/h2-16,18-28,31-35H,30H2,1H3;/q-2;+2. The van der Waals surface area contributed by atoms with E-state index in [9.17, 15) is 0 Å². The van der Waals surface area contributed by atoms with Crippen LogP contribution in [0.5, 0.6) is 0 Å². The van der Waals surface area contributed by atoms with E-state index in [1.165, 1.54) is 60.5 Å². The van der Waals surface area contributed by atoms with Crippen LogP contribution in [-0.2, 0) is 6.42 Å². The van der Waals surface area contributed by atoms with Gasteiger partial charge in [-0.1, -0.05) is 127 Å². The minimum absolute atomic E-state index is 0.